The fourth-order valence-corrected chi connectivity index (χ4v) is 6.74. The molecule has 0 amide bonds. The lowest BCUT2D eigenvalue weighted by atomic mass is 9.80. The van der Waals surface area contributed by atoms with Gasteiger partial charge in [0.05, 0.1) is 25.0 Å². The Bertz CT molecular complexity index is 1430. The van der Waals surface area contributed by atoms with E-state index < -0.39 is 48.3 Å². The Kier molecular flexibility index (Phi) is 11.4. The number of carbonyl (C=O) groups excluding carboxylic acids is 1. The summed E-state index contributed by atoms with van der Waals surface area (Å²) in [5.41, 5.74) is 9.81. The molecule has 0 spiro atoms. The molecule has 0 bridgehead atoms. The average Bonchev–Trinajstić information content (AvgIpc) is 3.55. The van der Waals surface area contributed by atoms with Gasteiger partial charge in [-0.2, -0.15) is 13.2 Å². The molecule has 6 nitrogen and oxygen atoms in total. The van der Waals surface area contributed by atoms with E-state index in [0.29, 0.717) is 24.3 Å². The number of hydrogen-bond acceptors (Lipinski definition) is 6. The molecule has 2 aromatic rings. The molecule has 47 heavy (non-hydrogen) atoms. The first-order chi connectivity index (χ1) is 22.0. The van der Waals surface area contributed by atoms with Gasteiger partial charge in [-0.15, -0.1) is 0 Å². The monoisotopic (exact) mass is 659 g/mol. The summed E-state index contributed by atoms with van der Waals surface area (Å²) in [5.74, 6) is -0.787. The number of ether oxygens (including phenoxy) is 4. The number of carbonyl (C=O) groups is 1. The first kappa shape index (κ1) is 36.8. The standard InChI is InChI=1S/C38H52F3NO5/c1-8-10-11-12-25-13-16-30(27(9-2)17-25)31-18-28-14-15-29(19-32(28)47-33(31)44-7)45-21-26(20-38(39,40)41)22-46-34(43)37(23-35(3,4)5)24-36(37,6)42/h13-19,26,33H,8-12,20-24,42H2,1-7H3. The molecule has 0 saturated heterocycles. The Labute approximate surface area is 278 Å². The zero-order valence-corrected chi connectivity index (χ0v) is 29.0. The lowest BCUT2D eigenvalue weighted by molar-refractivity contribution is -0.165. The van der Waals surface area contributed by atoms with E-state index in [-0.39, 0.29) is 12.0 Å². The van der Waals surface area contributed by atoms with E-state index in [1.165, 1.54) is 24.0 Å². The molecule has 1 heterocycles. The van der Waals surface area contributed by atoms with Gasteiger partial charge >= 0.3 is 12.1 Å². The fourth-order valence-electron chi connectivity index (χ4n) is 6.74. The van der Waals surface area contributed by atoms with Crippen LogP contribution in [0.2, 0.25) is 0 Å². The van der Waals surface area contributed by atoms with Crippen molar-refractivity contribution in [3.8, 4) is 11.5 Å². The number of nitrogens with two attached hydrogens (primary N) is 1. The number of unbranched alkanes of at least 4 members (excludes halogenated alkanes) is 2. The fraction of sp³-hybridized carbons (Fsp3) is 0.605. The quantitative estimate of drug-likeness (QED) is 0.152. The van der Waals surface area contributed by atoms with Gasteiger partial charge in [0.25, 0.3) is 0 Å². The summed E-state index contributed by atoms with van der Waals surface area (Å²) in [6.45, 7) is 11.4. The molecule has 4 atom stereocenters. The van der Waals surface area contributed by atoms with Crippen LogP contribution in [0.15, 0.2) is 36.4 Å². The number of halogens is 3. The lowest BCUT2D eigenvalue weighted by Crippen LogP contribution is -2.38. The summed E-state index contributed by atoms with van der Waals surface area (Å²) in [5, 5.41) is 0. The number of aryl methyl sites for hydroxylation is 2. The molecule has 4 unspecified atom stereocenters. The van der Waals surface area contributed by atoms with Crippen molar-refractivity contribution in [3.05, 3.63) is 58.7 Å². The number of benzene rings is 2. The van der Waals surface area contributed by atoms with E-state index >= 15 is 0 Å². The lowest BCUT2D eigenvalue weighted by Gasteiger charge is -2.28. The molecular formula is C38H52F3NO5. The molecule has 2 aliphatic rings. The number of esters is 1. The SMILES string of the molecule is CCCCCc1ccc(C2=Cc3ccc(OCC(COC(=O)C4(CC(C)(C)C)CC4(C)N)CC(F)(F)F)cc3OC2OC)c(CC)c1. The van der Waals surface area contributed by atoms with Crippen LogP contribution in [0.4, 0.5) is 13.2 Å². The molecule has 1 aliphatic carbocycles. The van der Waals surface area contributed by atoms with Crippen molar-refractivity contribution in [2.75, 3.05) is 20.3 Å². The Hall–Kier alpha value is -3.04. The highest BCUT2D eigenvalue weighted by Crippen LogP contribution is 2.60. The average molecular weight is 660 g/mol. The number of hydrogen-bond donors (Lipinski definition) is 1. The van der Waals surface area contributed by atoms with Crippen molar-refractivity contribution in [3.63, 3.8) is 0 Å². The van der Waals surface area contributed by atoms with Crippen LogP contribution in [0.5, 0.6) is 11.5 Å². The largest absolute Gasteiger partial charge is 0.493 e. The van der Waals surface area contributed by atoms with E-state index in [4.69, 9.17) is 24.7 Å². The molecule has 1 fully saturated rings. The van der Waals surface area contributed by atoms with E-state index in [1.54, 1.807) is 26.2 Å². The molecule has 0 aromatic heterocycles. The second-order valence-corrected chi connectivity index (χ2v) is 14.8. The zero-order valence-electron chi connectivity index (χ0n) is 29.0. The third-order valence-corrected chi connectivity index (χ3v) is 9.24. The van der Waals surface area contributed by atoms with Gasteiger partial charge in [0.1, 0.15) is 11.5 Å². The van der Waals surface area contributed by atoms with Gasteiger partial charge in [0.15, 0.2) is 0 Å². The molecule has 2 aromatic carbocycles. The van der Waals surface area contributed by atoms with E-state index in [0.717, 1.165) is 36.0 Å². The van der Waals surface area contributed by atoms with Crippen molar-refractivity contribution in [1.29, 1.82) is 0 Å². The third-order valence-electron chi connectivity index (χ3n) is 9.24. The normalized spacial score (nSPS) is 23.0. The maximum Gasteiger partial charge on any atom is 0.389 e. The van der Waals surface area contributed by atoms with Crippen LogP contribution in [0.3, 0.4) is 0 Å². The summed E-state index contributed by atoms with van der Waals surface area (Å²) < 4.78 is 63.9. The van der Waals surface area contributed by atoms with Gasteiger partial charge in [0, 0.05) is 35.8 Å². The van der Waals surface area contributed by atoms with Crippen molar-refractivity contribution >= 4 is 17.6 Å². The number of methoxy groups -OCH3 is 1. The molecule has 0 radical (unpaired) electrons. The van der Waals surface area contributed by atoms with Crippen molar-refractivity contribution in [2.45, 2.75) is 111 Å². The highest BCUT2D eigenvalue weighted by atomic mass is 19.4. The Balaban J connectivity index is 1.47. The summed E-state index contributed by atoms with van der Waals surface area (Å²) in [4.78, 5) is 13.2. The summed E-state index contributed by atoms with van der Waals surface area (Å²) in [7, 11) is 1.58. The molecule has 4 rings (SSSR count). The maximum atomic E-state index is 13.5. The Morgan fingerprint density at radius 1 is 1.09 bits per heavy atom. The van der Waals surface area contributed by atoms with Gasteiger partial charge < -0.3 is 24.7 Å². The number of fused-ring (bicyclic) bond motifs is 1. The smallest absolute Gasteiger partial charge is 0.389 e. The Morgan fingerprint density at radius 2 is 1.81 bits per heavy atom. The highest BCUT2D eigenvalue weighted by molar-refractivity contribution is 5.88. The zero-order chi connectivity index (χ0) is 34.6. The van der Waals surface area contributed by atoms with Crippen LogP contribution in [0, 0.1) is 16.7 Å². The van der Waals surface area contributed by atoms with Crippen molar-refractivity contribution in [2.24, 2.45) is 22.5 Å². The van der Waals surface area contributed by atoms with Crippen LogP contribution < -0.4 is 15.2 Å². The third kappa shape index (κ3) is 9.32. The van der Waals surface area contributed by atoms with E-state index in [2.05, 4.69) is 32.0 Å². The molecule has 9 heteroatoms. The van der Waals surface area contributed by atoms with Crippen LogP contribution >= 0.6 is 0 Å². The second kappa shape index (κ2) is 14.6. The maximum absolute atomic E-state index is 13.5. The minimum Gasteiger partial charge on any atom is -0.493 e. The van der Waals surface area contributed by atoms with Gasteiger partial charge in [0.2, 0.25) is 6.29 Å². The van der Waals surface area contributed by atoms with Gasteiger partial charge in [-0.25, -0.2) is 0 Å². The number of alkyl halides is 3. The highest BCUT2D eigenvalue weighted by Gasteiger charge is 2.69. The topological polar surface area (TPSA) is 80.0 Å². The minimum atomic E-state index is -4.46. The predicted octanol–water partition coefficient (Wildman–Crippen LogP) is 8.92. The van der Waals surface area contributed by atoms with Gasteiger partial charge in [-0.1, -0.05) is 65.7 Å². The van der Waals surface area contributed by atoms with Crippen molar-refractivity contribution < 1.29 is 36.9 Å². The van der Waals surface area contributed by atoms with Crippen LogP contribution in [-0.2, 0) is 27.1 Å². The van der Waals surface area contributed by atoms with Crippen LogP contribution in [0.1, 0.15) is 102 Å². The Morgan fingerprint density at radius 3 is 2.40 bits per heavy atom. The minimum absolute atomic E-state index is 0.201. The first-order valence-corrected chi connectivity index (χ1v) is 16.8. The van der Waals surface area contributed by atoms with Crippen molar-refractivity contribution in [1.82, 2.24) is 0 Å². The predicted molar refractivity (Wildman–Crippen MR) is 179 cm³/mol. The first-order valence-electron chi connectivity index (χ1n) is 16.8. The van der Waals surface area contributed by atoms with Crippen LogP contribution in [-0.4, -0.2) is 44.3 Å². The van der Waals surface area contributed by atoms with Crippen LogP contribution in [0.25, 0.3) is 11.6 Å². The van der Waals surface area contributed by atoms with Gasteiger partial charge in [-0.05, 0) is 79.3 Å². The number of rotatable bonds is 15. The van der Waals surface area contributed by atoms with E-state index in [1.807, 2.05) is 32.9 Å². The summed E-state index contributed by atoms with van der Waals surface area (Å²) >= 11 is 0. The second-order valence-electron chi connectivity index (χ2n) is 14.8. The summed E-state index contributed by atoms with van der Waals surface area (Å²) in [6.07, 6.45) is 2.16. The molecule has 1 aliphatic heterocycles. The summed E-state index contributed by atoms with van der Waals surface area (Å²) in [6, 6.07) is 11.8. The molecular weight excluding hydrogens is 607 g/mol. The van der Waals surface area contributed by atoms with Gasteiger partial charge in [-0.3, -0.25) is 4.79 Å². The molecule has 1 saturated carbocycles. The molecule has 2 N–H and O–H groups in total. The van der Waals surface area contributed by atoms with E-state index in [9.17, 15) is 18.0 Å². The molecule has 260 valence electrons.